The number of halogens is 1. The summed E-state index contributed by atoms with van der Waals surface area (Å²) in [4.78, 5) is 30.1. The fourth-order valence-corrected chi connectivity index (χ4v) is 2.97. The molecule has 0 saturated carbocycles. The number of aryl methyl sites for hydroxylation is 3. The number of hydrogen-bond acceptors (Lipinski definition) is 4. The van der Waals surface area contributed by atoms with Crippen molar-refractivity contribution >= 4 is 39.2 Å². The molecule has 0 bridgehead atoms. The maximum Gasteiger partial charge on any atom is 0.239 e. The summed E-state index contributed by atoms with van der Waals surface area (Å²) in [5.41, 5.74) is 4.04. The number of nitrogens with one attached hydrogen (secondary N) is 2. The zero-order chi connectivity index (χ0) is 19.3. The highest BCUT2D eigenvalue weighted by molar-refractivity contribution is 9.10. The quantitative estimate of drug-likeness (QED) is 0.754. The van der Waals surface area contributed by atoms with Gasteiger partial charge in [0.1, 0.15) is 5.82 Å². The highest BCUT2D eigenvalue weighted by Gasteiger charge is 2.13. The standard InChI is InChI=1S/C19H23BrN4O2/c1-12-7-13(2)19(14(3)8-12)23-18(26)11-24(4)10-17(25)22-16-6-5-15(20)9-21-16/h5-9H,10-11H2,1-4H3,(H,23,26)(H,21,22,25). The molecule has 1 aromatic carbocycles. The molecular weight excluding hydrogens is 396 g/mol. The van der Waals surface area contributed by atoms with Crippen molar-refractivity contribution in [3.8, 4) is 0 Å². The number of rotatable bonds is 6. The Kier molecular flexibility index (Phi) is 6.88. The van der Waals surface area contributed by atoms with Crippen molar-refractivity contribution in [3.05, 3.63) is 51.6 Å². The molecule has 0 aliphatic rings. The van der Waals surface area contributed by atoms with Gasteiger partial charge in [0.15, 0.2) is 0 Å². The van der Waals surface area contributed by atoms with Gasteiger partial charge >= 0.3 is 0 Å². The zero-order valence-corrected chi connectivity index (χ0v) is 17.0. The molecule has 0 fully saturated rings. The molecule has 138 valence electrons. The first-order chi connectivity index (χ1) is 12.2. The van der Waals surface area contributed by atoms with Crippen LogP contribution in [0.5, 0.6) is 0 Å². The first-order valence-electron chi connectivity index (χ1n) is 8.22. The molecule has 6 nitrogen and oxygen atoms in total. The van der Waals surface area contributed by atoms with Crippen LogP contribution in [0.3, 0.4) is 0 Å². The molecule has 0 unspecified atom stereocenters. The normalized spacial score (nSPS) is 10.7. The number of aromatic nitrogens is 1. The van der Waals surface area contributed by atoms with Gasteiger partial charge in [0.25, 0.3) is 0 Å². The molecule has 2 aromatic rings. The van der Waals surface area contributed by atoms with E-state index in [0.717, 1.165) is 26.9 Å². The van der Waals surface area contributed by atoms with Crippen LogP contribution in [-0.4, -0.2) is 41.8 Å². The van der Waals surface area contributed by atoms with Gasteiger partial charge in [-0.3, -0.25) is 14.5 Å². The Balaban J connectivity index is 1.87. The minimum Gasteiger partial charge on any atom is -0.324 e. The van der Waals surface area contributed by atoms with Crippen LogP contribution in [0, 0.1) is 20.8 Å². The number of amides is 2. The average Bonchev–Trinajstić information content (AvgIpc) is 2.52. The third-order valence-corrected chi connectivity index (χ3v) is 4.23. The van der Waals surface area contributed by atoms with Gasteiger partial charge in [-0.2, -0.15) is 0 Å². The molecule has 0 saturated heterocycles. The lowest BCUT2D eigenvalue weighted by atomic mass is 10.1. The van der Waals surface area contributed by atoms with E-state index in [1.807, 2.05) is 32.9 Å². The Morgan fingerprint density at radius 2 is 1.62 bits per heavy atom. The van der Waals surface area contributed by atoms with E-state index in [9.17, 15) is 9.59 Å². The number of likely N-dealkylation sites (N-methyl/N-ethyl adjacent to an activating group) is 1. The molecule has 0 aliphatic heterocycles. The Labute approximate surface area is 162 Å². The maximum absolute atomic E-state index is 12.3. The fourth-order valence-electron chi connectivity index (χ4n) is 2.73. The Hall–Kier alpha value is -2.25. The zero-order valence-electron chi connectivity index (χ0n) is 15.4. The van der Waals surface area contributed by atoms with Crippen molar-refractivity contribution in [1.82, 2.24) is 9.88 Å². The summed E-state index contributed by atoms with van der Waals surface area (Å²) in [5, 5.41) is 5.64. The number of benzene rings is 1. The summed E-state index contributed by atoms with van der Waals surface area (Å²) in [6.07, 6.45) is 1.61. The molecule has 26 heavy (non-hydrogen) atoms. The van der Waals surface area contributed by atoms with Crippen molar-refractivity contribution < 1.29 is 9.59 Å². The van der Waals surface area contributed by atoms with E-state index in [1.165, 1.54) is 0 Å². The number of carbonyl (C=O) groups excluding carboxylic acids is 2. The molecule has 1 heterocycles. The summed E-state index contributed by atoms with van der Waals surface area (Å²) < 4.78 is 0.839. The topological polar surface area (TPSA) is 74.3 Å². The Bertz CT molecular complexity index is 783. The summed E-state index contributed by atoms with van der Waals surface area (Å²) in [6.45, 7) is 6.18. The molecule has 0 aliphatic carbocycles. The van der Waals surface area contributed by atoms with Gasteiger partial charge in [0.2, 0.25) is 11.8 Å². The highest BCUT2D eigenvalue weighted by Crippen LogP contribution is 2.21. The molecule has 2 amide bonds. The minimum absolute atomic E-state index is 0.0943. The summed E-state index contributed by atoms with van der Waals surface area (Å²) in [6, 6.07) is 7.57. The maximum atomic E-state index is 12.3. The van der Waals surface area contributed by atoms with Crippen LogP contribution in [0.4, 0.5) is 11.5 Å². The molecule has 0 radical (unpaired) electrons. The third kappa shape index (κ3) is 5.93. The highest BCUT2D eigenvalue weighted by atomic mass is 79.9. The van der Waals surface area contributed by atoms with E-state index in [4.69, 9.17) is 0 Å². The predicted molar refractivity (Wildman–Crippen MR) is 107 cm³/mol. The molecule has 1 aromatic heterocycles. The lowest BCUT2D eigenvalue weighted by Gasteiger charge is -2.17. The van der Waals surface area contributed by atoms with Crippen LogP contribution in [0.1, 0.15) is 16.7 Å². The van der Waals surface area contributed by atoms with Crippen molar-refractivity contribution in [2.24, 2.45) is 0 Å². The van der Waals surface area contributed by atoms with Crippen LogP contribution in [0.25, 0.3) is 0 Å². The number of nitrogens with zero attached hydrogens (tertiary/aromatic N) is 2. The number of hydrogen-bond donors (Lipinski definition) is 2. The lowest BCUT2D eigenvalue weighted by molar-refractivity contribution is -0.119. The molecule has 0 spiro atoms. The SMILES string of the molecule is Cc1cc(C)c(NC(=O)CN(C)CC(=O)Nc2ccc(Br)cn2)c(C)c1. The number of anilines is 2. The van der Waals surface area contributed by atoms with Gasteiger partial charge in [-0.25, -0.2) is 4.98 Å². The van der Waals surface area contributed by atoms with E-state index in [0.29, 0.717) is 5.82 Å². The van der Waals surface area contributed by atoms with E-state index >= 15 is 0 Å². The summed E-state index contributed by atoms with van der Waals surface area (Å²) >= 11 is 3.29. The van der Waals surface area contributed by atoms with Gasteiger partial charge in [-0.05, 0) is 67.0 Å². The molecule has 2 N–H and O–H groups in total. The van der Waals surface area contributed by atoms with E-state index in [1.54, 1.807) is 30.3 Å². The van der Waals surface area contributed by atoms with Crippen molar-refractivity contribution in [1.29, 1.82) is 0 Å². The van der Waals surface area contributed by atoms with E-state index in [2.05, 4.69) is 31.5 Å². The van der Waals surface area contributed by atoms with Gasteiger partial charge in [-0.1, -0.05) is 17.7 Å². The lowest BCUT2D eigenvalue weighted by Crippen LogP contribution is -2.36. The number of carbonyl (C=O) groups is 2. The Morgan fingerprint density at radius 3 is 2.15 bits per heavy atom. The van der Waals surface area contributed by atoms with Gasteiger partial charge < -0.3 is 10.6 Å². The van der Waals surface area contributed by atoms with Crippen LogP contribution in [-0.2, 0) is 9.59 Å². The van der Waals surface area contributed by atoms with Crippen LogP contribution >= 0.6 is 15.9 Å². The van der Waals surface area contributed by atoms with Crippen molar-refractivity contribution in [3.63, 3.8) is 0 Å². The summed E-state index contributed by atoms with van der Waals surface area (Å²) in [5.74, 6) is 0.0943. The van der Waals surface area contributed by atoms with Crippen LogP contribution in [0.15, 0.2) is 34.9 Å². The molecule has 2 rings (SSSR count). The second kappa shape index (κ2) is 8.91. The second-order valence-electron chi connectivity index (χ2n) is 6.40. The van der Waals surface area contributed by atoms with E-state index in [-0.39, 0.29) is 24.9 Å². The minimum atomic E-state index is -0.224. The van der Waals surface area contributed by atoms with Gasteiger partial charge in [0, 0.05) is 16.4 Å². The largest absolute Gasteiger partial charge is 0.324 e. The molecule has 0 atom stereocenters. The predicted octanol–water partition coefficient (Wildman–Crippen LogP) is 3.28. The van der Waals surface area contributed by atoms with Crippen molar-refractivity contribution in [2.45, 2.75) is 20.8 Å². The van der Waals surface area contributed by atoms with Gasteiger partial charge in [0.05, 0.1) is 13.1 Å². The number of pyridine rings is 1. The monoisotopic (exact) mass is 418 g/mol. The Morgan fingerprint density at radius 1 is 1.04 bits per heavy atom. The smallest absolute Gasteiger partial charge is 0.239 e. The second-order valence-corrected chi connectivity index (χ2v) is 7.32. The first-order valence-corrected chi connectivity index (χ1v) is 9.01. The average molecular weight is 419 g/mol. The molecular formula is C19H23BrN4O2. The third-order valence-electron chi connectivity index (χ3n) is 3.76. The first kappa shape index (κ1) is 20.1. The summed E-state index contributed by atoms with van der Waals surface area (Å²) in [7, 11) is 1.73. The van der Waals surface area contributed by atoms with Crippen LogP contribution in [0.2, 0.25) is 0 Å². The fraction of sp³-hybridized carbons (Fsp3) is 0.316. The van der Waals surface area contributed by atoms with Gasteiger partial charge in [-0.15, -0.1) is 0 Å². The van der Waals surface area contributed by atoms with Crippen LogP contribution < -0.4 is 10.6 Å². The van der Waals surface area contributed by atoms with E-state index < -0.39 is 0 Å². The van der Waals surface area contributed by atoms with Crippen molar-refractivity contribution in [2.75, 3.05) is 30.8 Å². The molecule has 7 heteroatoms.